The summed E-state index contributed by atoms with van der Waals surface area (Å²) >= 11 is 0. The number of hydrogen-bond donors (Lipinski definition) is 1. The highest BCUT2D eigenvalue weighted by Crippen LogP contribution is 2.67. The van der Waals surface area contributed by atoms with Gasteiger partial charge in [0.1, 0.15) is 0 Å². The minimum atomic E-state index is -0.108. The van der Waals surface area contributed by atoms with Gasteiger partial charge in [-0.3, -0.25) is 0 Å². The van der Waals surface area contributed by atoms with Gasteiger partial charge >= 0.3 is 0 Å². The molecule has 0 heterocycles. The lowest BCUT2D eigenvalue weighted by Gasteiger charge is -2.61. The summed E-state index contributed by atoms with van der Waals surface area (Å²) in [4.78, 5) is 0. The molecule has 0 spiro atoms. The molecule has 6 atom stereocenters. The molecule has 4 aliphatic carbocycles. The molecular formula is C31H50O. The first-order chi connectivity index (χ1) is 15.1. The van der Waals surface area contributed by atoms with Crippen molar-refractivity contribution >= 4 is 0 Å². The van der Waals surface area contributed by atoms with Gasteiger partial charge < -0.3 is 5.11 Å². The average molecular weight is 439 g/mol. The first-order valence-electron chi connectivity index (χ1n) is 13.9. The van der Waals surface area contributed by atoms with Gasteiger partial charge in [0.05, 0.1) is 6.10 Å². The number of fused-ring (bicyclic) bond motifs is 4. The van der Waals surface area contributed by atoms with Crippen molar-refractivity contribution in [3.63, 3.8) is 0 Å². The second-order valence-electron chi connectivity index (χ2n) is 12.7. The van der Waals surface area contributed by atoms with Crippen LogP contribution in [0.1, 0.15) is 119 Å². The van der Waals surface area contributed by atoms with Crippen molar-refractivity contribution in [3.8, 4) is 0 Å². The minimum absolute atomic E-state index is 0.108. The van der Waals surface area contributed by atoms with Crippen LogP contribution in [0.4, 0.5) is 0 Å². The molecule has 1 unspecified atom stereocenters. The second-order valence-corrected chi connectivity index (χ2v) is 12.7. The van der Waals surface area contributed by atoms with Crippen molar-refractivity contribution in [2.75, 3.05) is 0 Å². The van der Waals surface area contributed by atoms with Crippen LogP contribution < -0.4 is 0 Å². The Morgan fingerprint density at radius 2 is 1.81 bits per heavy atom. The van der Waals surface area contributed by atoms with Gasteiger partial charge in [0.25, 0.3) is 0 Å². The van der Waals surface area contributed by atoms with Crippen molar-refractivity contribution in [3.05, 3.63) is 34.4 Å². The maximum absolute atomic E-state index is 11.1. The molecule has 0 aromatic rings. The third-order valence-corrected chi connectivity index (χ3v) is 11.2. The zero-order chi connectivity index (χ0) is 23.3. The van der Waals surface area contributed by atoms with Crippen LogP contribution in [0, 0.1) is 34.0 Å². The molecule has 1 saturated carbocycles. The molecule has 4 aliphatic rings. The highest BCUT2D eigenvalue weighted by molar-refractivity contribution is 5.50. The molecule has 0 radical (unpaired) electrons. The van der Waals surface area contributed by atoms with E-state index in [-0.39, 0.29) is 11.5 Å². The maximum atomic E-state index is 11.1. The SMILES string of the molecule is CCC1(CC)C2CCC3=C(CC[C@@]4(C)C3=CC[C@@H]4[C@H](C)CCC=C(C)C)[C@@]2(C)CC[C@@H]1O. The smallest absolute Gasteiger partial charge is 0.0599 e. The van der Waals surface area contributed by atoms with E-state index in [1.165, 1.54) is 56.9 Å². The van der Waals surface area contributed by atoms with Crippen LogP contribution in [0.5, 0.6) is 0 Å². The van der Waals surface area contributed by atoms with Crippen LogP contribution in [0.3, 0.4) is 0 Å². The Labute approximate surface area is 198 Å². The van der Waals surface area contributed by atoms with E-state index >= 15 is 0 Å². The standard InChI is InChI=1S/C31H50O/c1-8-31(9-2)27-16-13-23-25-15-14-24(22(5)12-10-11-21(3)4)29(25,6)19-17-26(23)30(27,7)20-18-28(31)32/h11,15,22,24,27-28,32H,8-10,12-14,16-20H2,1-7H3/t22-,24-,27?,28+,29-,30-/m1/s1. The highest BCUT2D eigenvalue weighted by atomic mass is 16.3. The maximum Gasteiger partial charge on any atom is 0.0599 e. The van der Waals surface area contributed by atoms with E-state index in [1.54, 1.807) is 11.1 Å². The molecule has 1 fully saturated rings. The fourth-order valence-corrected chi connectivity index (χ4v) is 9.27. The largest absolute Gasteiger partial charge is 0.393 e. The van der Waals surface area contributed by atoms with Crippen LogP contribution in [0.15, 0.2) is 34.4 Å². The molecule has 0 aliphatic heterocycles. The van der Waals surface area contributed by atoms with Crippen molar-refractivity contribution < 1.29 is 5.11 Å². The molecule has 32 heavy (non-hydrogen) atoms. The quantitative estimate of drug-likeness (QED) is 0.411. The summed E-state index contributed by atoms with van der Waals surface area (Å²) < 4.78 is 0. The number of hydrogen-bond acceptors (Lipinski definition) is 1. The van der Waals surface area contributed by atoms with E-state index in [9.17, 15) is 5.11 Å². The van der Waals surface area contributed by atoms with Crippen molar-refractivity contribution in [2.24, 2.45) is 34.0 Å². The predicted molar refractivity (Wildman–Crippen MR) is 137 cm³/mol. The van der Waals surface area contributed by atoms with Crippen molar-refractivity contribution in [1.82, 2.24) is 0 Å². The predicted octanol–water partition coefficient (Wildman–Crippen LogP) is 8.79. The number of allylic oxidation sites excluding steroid dienone is 6. The van der Waals surface area contributed by atoms with Gasteiger partial charge in [-0.25, -0.2) is 0 Å². The van der Waals surface area contributed by atoms with Crippen molar-refractivity contribution in [2.45, 2.75) is 125 Å². The van der Waals surface area contributed by atoms with E-state index in [1.807, 2.05) is 5.57 Å². The number of rotatable bonds is 6. The van der Waals surface area contributed by atoms with Crippen molar-refractivity contribution in [1.29, 1.82) is 0 Å². The van der Waals surface area contributed by atoms with E-state index in [0.29, 0.717) is 16.7 Å². The fourth-order valence-electron chi connectivity index (χ4n) is 9.27. The molecule has 1 heteroatoms. The molecule has 180 valence electrons. The van der Waals surface area contributed by atoms with Gasteiger partial charge in [-0.15, -0.1) is 0 Å². The van der Waals surface area contributed by atoms with Gasteiger partial charge in [0.2, 0.25) is 0 Å². The van der Waals surface area contributed by atoms with E-state index in [0.717, 1.165) is 31.1 Å². The normalized spacial score (nSPS) is 39.0. The Kier molecular flexibility index (Phi) is 6.65. The Hall–Kier alpha value is -0.820. The van der Waals surface area contributed by atoms with Gasteiger partial charge in [-0.1, -0.05) is 57.9 Å². The molecule has 1 nitrogen and oxygen atoms in total. The minimum Gasteiger partial charge on any atom is -0.393 e. The van der Waals surface area contributed by atoms with Crippen LogP contribution in [0.2, 0.25) is 0 Å². The molecule has 0 amide bonds. The first-order valence-corrected chi connectivity index (χ1v) is 13.9. The fraction of sp³-hybridized carbons (Fsp3) is 0.806. The summed E-state index contributed by atoms with van der Waals surface area (Å²) in [6.45, 7) is 16.8. The Morgan fingerprint density at radius 1 is 1.09 bits per heavy atom. The topological polar surface area (TPSA) is 20.2 Å². The second kappa shape index (κ2) is 8.75. The summed E-state index contributed by atoms with van der Waals surface area (Å²) in [5, 5.41) is 11.1. The summed E-state index contributed by atoms with van der Waals surface area (Å²) in [5.41, 5.74) is 7.60. The third kappa shape index (κ3) is 3.52. The van der Waals surface area contributed by atoms with Gasteiger partial charge in [0, 0.05) is 0 Å². The summed E-state index contributed by atoms with van der Waals surface area (Å²) in [5.74, 6) is 2.25. The summed E-state index contributed by atoms with van der Waals surface area (Å²) in [6, 6.07) is 0. The van der Waals surface area contributed by atoms with E-state index in [2.05, 4.69) is 60.6 Å². The Balaban J connectivity index is 1.62. The molecule has 0 saturated heterocycles. The first kappa shape index (κ1) is 24.3. The summed E-state index contributed by atoms with van der Waals surface area (Å²) in [7, 11) is 0. The Bertz CT molecular complexity index is 804. The van der Waals surface area contributed by atoms with E-state index < -0.39 is 0 Å². The molecule has 0 bridgehead atoms. The molecule has 1 N–H and O–H groups in total. The number of aliphatic hydroxyl groups excluding tert-OH is 1. The van der Waals surface area contributed by atoms with Crippen LogP contribution in [0.25, 0.3) is 0 Å². The zero-order valence-electron chi connectivity index (χ0n) is 22.2. The van der Waals surface area contributed by atoms with Crippen LogP contribution in [-0.4, -0.2) is 11.2 Å². The van der Waals surface area contributed by atoms with Crippen LogP contribution in [-0.2, 0) is 0 Å². The van der Waals surface area contributed by atoms with E-state index in [4.69, 9.17) is 0 Å². The molecule has 0 aromatic heterocycles. The molecule has 0 aromatic carbocycles. The van der Waals surface area contributed by atoms with Crippen LogP contribution >= 0.6 is 0 Å². The monoisotopic (exact) mass is 438 g/mol. The lowest BCUT2D eigenvalue weighted by Crippen LogP contribution is -2.55. The highest BCUT2D eigenvalue weighted by Gasteiger charge is 2.59. The Morgan fingerprint density at radius 3 is 2.47 bits per heavy atom. The van der Waals surface area contributed by atoms with Gasteiger partial charge in [0.15, 0.2) is 0 Å². The summed E-state index contributed by atoms with van der Waals surface area (Å²) in [6.07, 6.45) is 18.4. The zero-order valence-corrected chi connectivity index (χ0v) is 22.2. The lowest BCUT2D eigenvalue weighted by molar-refractivity contribution is -0.116. The average Bonchev–Trinajstić information content (AvgIpc) is 3.11. The van der Waals surface area contributed by atoms with Gasteiger partial charge in [-0.05, 0) is 130 Å². The van der Waals surface area contributed by atoms with Gasteiger partial charge in [-0.2, -0.15) is 0 Å². The molecular weight excluding hydrogens is 388 g/mol. The molecule has 4 rings (SSSR count). The lowest BCUT2D eigenvalue weighted by atomic mass is 9.44. The number of aliphatic hydroxyl groups is 1. The third-order valence-electron chi connectivity index (χ3n) is 11.2.